The molecule has 132 valence electrons. The molecule has 1 aromatic carbocycles. The van der Waals surface area contributed by atoms with E-state index in [0.717, 1.165) is 26.2 Å². The van der Waals surface area contributed by atoms with Crippen LogP contribution in [0.25, 0.3) is 0 Å². The summed E-state index contributed by atoms with van der Waals surface area (Å²) in [6.07, 6.45) is 0.540. The van der Waals surface area contributed by atoms with Crippen molar-refractivity contribution in [2.75, 3.05) is 42.6 Å². The lowest BCUT2D eigenvalue weighted by Gasteiger charge is -2.36. The largest absolute Gasteiger partial charge is 0.360 e. The first-order valence-electron chi connectivity index (χ1n) is 8.60. The number of piperazine rings is 1. The van der Waals surface area contributed by atoms with Crippen molar-refractivity contribution in [3.63, 3.8) is 0 Å². The van der Waals surface area contributed by atoms with Crippen LogP contribution in [0, 0.1) is 0 Å². The smallest absolute Gasteiger partial charge is 0.278 e. The third-order valence-corrected chi connectivity index (χ3v) is 6.88. The Bertz CT molecular complexity index is 670. The van der Waals surface area contributed by atoms with Gasteiger partial charge in [0, 0.05) is 11.7 Å². The fourth-order valence-corrected chi connectivity index (χ4v) is 5.22. The highest BCUT2D eigenvalue weighted by Crippen LogP contribution is 2.13. The van der Waals surface area contributed by atoms with E-state index in [9.17, 15) is 13.2 Å². The number of sulfone groups is 1. The summed E-state index contributed by atoms with van der Waals surface area (Å²) in [6.45, 7) is 5.61. The molecule has 3 rings (SSSR count). The molecule has 2 aliphatic rings. The molecule has 0 aliphatic carbocycles. The zero-order valence-electron chi connectivity index (χ0n) is 14.1. The van der Waals surface area contributed by atoms with E-state index in [4.69, 9.17) is 0 Å². The normalized spacial score (nSPS) is 25.4. The number of carbonyl (C=O) groups is 1. The van der Waals surface area contributed by atoms with Gasteiger partial charge < -0.3 is 15.1 Å². The van der Waals surface area contributed by atoms with Crippen LogP contribution >= 0.6 is 0 Å². The molecular formula is C17H26N3O3S+. The van der Waals surface area contributed by atoms with Gasteiger partial charge in [0.25, 0.3) is 5.91 Å². The molecule has 2 atom stereocenters. The maximum absolute atomic E-state index is 12.4. The Morgan fingerprint density at radius 1 is 1.25 bits per heavy atom. The molecule has 2 saturated heterocycles. The van der Waals surface area contributed by atoms with Crippen molar-refractivity contribution in [1.29, 1.82) is 0 Å². The fourth-order valence-electron chi connectivity index (χ4n) is 3.54. The molecule has 1 amide bonds. The van der Waals surface area contributed by atoms with Gasteiger partial charge in [0.05, 0.1) is 37.7 Å². The van der Waals surface area contributed by atoms with E-state index in [1.165, 1.54) is 10.6 Å². The van der Waals surface area contributed by atoms with Crippen molar-refractivity contribution in [1.82, 2.24) is 5.32 Å². The van der Waals surface area contributed by atoms with Crippen molar-refractivity contribution in [2.24, 2.45) is 0 Å². The minimum atomic E-state index is -2.96. The minimum absolute atomic E-state index is 0.0275. The lowest BCUT2D eigenvalue weighted by molar-refractivity contribution is -0.914. The maximum atomic E-state index is 12.4. The van der Waals surface area contributed by atoms with Crippen molar-refractivity contribution in [3.05, 3.63) is 30.3 Å². The summed E-state index contributed by atoms with van der Waals surface area (Å²) in [6, 6.07) is 9.96. The number of nitrogens with zero attached hydrogens (tertiary/aromatic N) is 1. The Morgan fingerprint density at radius 3 is 2.50 bits per heavy atom. The molecule has 2 aliphatic heterocycles. The summed E-state index contributed by atoms with van der Waals surface area (Å²) in [5.41, 5.74) is 1.23. The van der Waals surface area contributed by atoms with Crippen LogP contribution in [0.4, 0.5) is 5.69 Å². The monoisotopic (exact) mass is 352 g/mol. The SMILES string of the molecule is C[C@@H](C(=O)N[C@@H]1CCS(=O)(=O)C1)[NH+]1CCN(c2ccccc2)CC1. The molecular weight excluding hydrogens is 326 g/mol. The molecule has 0 aromatic heterocycles. The summed E-state index contributed by atoms with van der Waals surface area (Å²) in [5, 5.41) is 2.92. The molecule has 0 radical (unpaired) electrons. The van der Waals surface area contributed by atoms with E-state index in [1.54, 1.807) is 0 Å². The molecule has 2 heterocycles. The van der Waals surface area contributed by atoms with Gasteiger partial charge in [0.15, 0.2) is 15.9 Å². The zero-order chi connectivity index (χ0) is 17.2. The molecule has 0 saturated carbocycles. The van der Waals surface area contributed by atoms with Crippen LogP contribution in [0.15, 0.2) is 30.3 Å². The molecule has 2 fully saturated rings. The number of para-hydroxylation sites is 1. The highest BCUT2D eigenvalue weighted by Gasteiger charge is 2.33. The first-order chi connectivity index (χ1) is 11.4. The predicted molar refractivity (Wildman–Crippen MR) is 94.0 cm³/mol. The molecule has 6 nitrogen and oxygen atoms in total. The van der Waals surface area contributed by atoms with Crippen LogP contribution in [0.3, 0.4) is 0 Å². The van der Waals surface area contributed by atoms with E-state index in [2.05, 4.69) is 22.3 Å². The average Bonchev–Trinajstić information content (AvgIpc) is 2.93. The van der Waals surface area contributed by atoms with E-state index < -0.39 is 9.84 Å². The number of nitrogens with one attached hydrogen (secondary N) is 2. The van der Waals surface area contributed by atoms with Crippen LogP contribution in [0.1, 0.15) is 13.3 Å². The third-order valence-electron chi connectivity index (χ3n) is 5.11. The number of quaternary nitrogens is 1. The van der Waals surface area contributed by atoms with Crippen LogP contribution < -0.4 is 15.1 Å². The standard InChI is InChI=1S/C17H25N3O3S/c1-14(17(21)18-15-7-12-24(22,23)13-15)19-8-10-20(11-9-19)16-5-3-2-4-6-16/h2-6,14-15H,7-13H2,1H3,(H,18,21)/p+1/t14-,15+/m0/s1. The Kier molecular flexibility index (Phi) is 5.10. The van der Waals surface area contributed by atoms with Crippen molar-refractivity contribution >= 4 is 21.4 Å². The third kappa shape index (κ3) is 4.08. The maximum Gasteiger partial charge on any atom is 0.278 e. The molecule has 0 bridgehead atoms. The molecule has 1 aromatic rings. The fraction of sp³-hybridized carbons (Fsp3) is 0.588. The van der Waals surface area contributed by atoms with Gasteiger partial charge in [-0.05, 0) is 25.5 Å². The Balaban J connectivity index is 1.50. The average molecular weight is 352 g/mol. The summed E-state index contributed by atoms with van der Waals surface area (Å²) < 4.78 is 23.0. The van der Waals surface area contributed by atoms with Crippen molar-refractivity contribution < 1.29 is 18.1 Å². The van der Waals surface area contributed by atoms with Crippen LogP contribution in [0.5, 0.6) is 0 Å². The number of rotatable bonds is 4. The quantitative estimate of drug-likeness (QED) is 0.736. The van der Waals surface area contributed by atoms with Gasteiger partial charge in [-0.2, -0.15) is 0 Å². The summed E-state index contributed by atoms with van der Waals surface area (Å²) in [7, 11) is -2.96. The second-order valence-electron chi connectivity index (χ2n) is 6.81. The van der Waals surface area contributed by atoms with Crippen molar-refractivity contribution in [2.45, 2.75) is 25.4 Å². The van der Waals surface area contributed by atoms with E-state index in [0.29, 0.717) is 6.42 Å². The van der Waals surface area contributed by atoms with Gasteiger partial charge >= 0.3 is 0 Å². The molecule has 0 spiro atoms. The van der Waals surface area contributed by atoms with Gasteiger partial charge in [0.1, 0.15) is 0 Å². The first-order valence-corrected chi connectivity index (χ1v) is 10.4. The van der Waals surface area contributed by atoms with Gasteiger partial charge in [-0.25, -0.2) is 8.42 Å². The Labute approximate surface area is 143 Å². The molecule has 0 unspecified atom stereocenters. The number of carbonyl (C=O) groups excluding carboxylic acids is 1. The molecule has 2 N–H and O–H groups in total. The highest BCUT2D eigenvalue weighted by molar-refractivity contribution is 7.91. The predicted octanol–water partition coefficient (Wildman–Crippen LogP) is -0.917. The van der Waals surface area contributed by atoms with Crippen LogP contribution in [-0.2, 0) is 14.6 Å². The Hall–Kier alpha value is -1.60. The highest BCUT2D eigenvalue weighted by atomic mass is 32.2. The van der Waals surface area contributed by atoms with Gasteiger partial charge in [-0.15, -0.1) is 0 Å². The number of anilines is 1. The number of hydrogen-bond donors (Lipinski definition) is 2. The van der Waals surface area contributed by atoms with E-state index in [1.807, 2.05) is 25.1 Å². The van der Waals surface area contributed by atoms with Crippen molar-refractivity contribution in [3.8, 4) is 0 Å². The molecule has 24 heavy (non-hydrogen) atoms. The first kappa shape index (κ1) is 17.2. The number of benzene rings is 1. The second-order valence-corrected chi connectivity index (χ2v) is 9.04. The minimum Gasteiger partial charge on any atom is -0.360 e. The molecule has 7 heteroatoms. The summed E-state index contributed by atoms with van der Waals surface area (Å²) in [4.78, 5) is 16.0. The van der Waals surface area contributed by atoms with Crippen LogP contribution in [0.2, 0.25) is 0 Å². The number of amides is 1. The lowest BCUT2D eigenvalue weighted by atomic mass is 10.1. The second kappa shape index (κ2) is 7.11. The van der Waals surface area contributed by atoms with Gasteiger partial charge in [-0.3, -0.25) is 4.79 Å². The lowest BCUT2D eigenvalue weighted by Crippen LogP contribution is -3.19. The Morgan fingerprint density at radius 2 is 1.92 bits per heavy atom. The zero-order valence-corrected chi connectivity index (χ0v) is 14.9. The summed E-state index contributed by atoms with van der Waals surface area (Å²) >= 11 is 0. The van der Waals surface area contributed by atoms with Gasteiger partial charge in [0.2, 0.25) is 0 Å². The topological polar surface area (TPSA) is 70.9 Å². The number of hydrogen-bond acceptors (Lipinski definition) is 4. The van der Waals surface area contributed by atoms with E-state index in [-0.39, 0.29) is 29.5 Å². The van der Waals surface area contributed by atoms with E-state index >= 15 is 0 Å². The van der Waals surface area contributed by atoms with Crippen LogP contribution in [-0.4, -0.2) is 64.1 Å². The summed E-state index contributed by atoms with van der Waals surface area (Å²) in [5.74, 6) is 0.248. The van der Waals surface area contributed by atoms with Gasteiger partial charge in [-0.1, -0.05) is 18.2 Å².